The number of thiazole rings is 1. The molecule has 3 rings (SSSR count). The minimum atomic E-state index is 0.356. The maximum atomic E-state index is 5.36. The van der Waals surface area contributed by atoms with Gasteiger partial charge < -0.3 is 10.1 Å². The summed E-state index contributed by atoms with van der Waals surface area (Å²) in [5.41, 5.74) is 1.22. The van der Waals surface area contributed by atoms with Crippen LogP contribution >= 0.6 is 11.3 Å². The maximum absolute atomic E-state index is 5.36. The molecule has 1 aliphatic carbocycles. The Bertz CT molecular complexity index is 379. The minimum absolute atomic E-state index is 0.356. The topological polar surface area (TPSA) is 34.1 Å². The molecule has 0 aromatic carbocycles. The van der Waals surface area contributed by atoms with Gasteiger partial charge >= 0.3 is 0 Å². The lowest BCUT2D eigenvalue weighted by atomic mass is 10.1. The molecule has 2 heterocycles. The van der Waals surface area contributed by atoms with Gasteiger partial charge in [-0.2, -0.15) is 0 Å². The quantitative estimate of drug-likeness (QED) is 0.877. The number of rotatable bonds is 3. The highest BCUT2D eigenvalue weighted by atomic mass is 32.1. The molecule has 0 bridgehead atoms. The summed E-state index contributed by atoms with van der Waals surface area (Å²) in [5.74, 6) is 1.60. The Morgan fingerprint density at radius 2 is 2.31 bits per heavy atom. The fraction of sp³-hybridized carbons (Fsp3) is 0.750. The number of methoxy groups -OCH3 is 1. The predicted octanol–water partition coefficient (Wildman–Crippen LogP) is 2.32. The van der Waals surface area contributed by atoms with Crippen LogP contribution in [0.1, 0.15) is 42.4 Å². The average molecular weight is 238 g/mol. The number of nitrogens with one attached hydrogen (secondary N) is 1. The van der Waals surface area contributed by atoms with E-state index in [4.69, 9.17) is 9.72 Å². The molecule has 1 aliphatic heterocycles. The molecule has 4 atom stereocenters. The summed E-state index contributed by atoms with van der Waals surface area (Å²) in [6, 6.07) is 0.406. The Morgan fingerprint density at radius 3 is 2.94 bits per heavy atom. The van der Waals surface area contributed by atoms with Gasteiger partial charge in [0.1, 0.15) is 0 Å². The van der Waals surface area contributed by atoms with E-state index >= 15 is 0 Å². The van der Waals surface area contributed by atoms with E-state index < -0.39 is 0 Å². The molecule has 1 N–H and O–H groups in total. The lowest BCUT2D eigenvalue weighted by molar-refractivity contribution is 0.117. The number of hydrogen-bond acceptors (Lipinski definition) is 4. The Morgan fingerprint density at radius 1 is 1.50 bits per heavy atom. The van der Waals surface area contributed by atoms with Crippen molar-refractivity contribution in [3.8, 4) is 0 Å². The van der Waals surface area contributed by atoms with Gasteiger partial charge in [-0.05, 0) is 18.8 Å². The predicted molar refractivity (Wildman–Crippen MR) is 64.8 cm³/mol. The first-order valence-corrected chi connectivity index (χ1v) is 6.87. The molecule has 88 valence electrons. The number of ether oxygens (including phenoxy) is 1. The summed E-state index contributed by atoms with van der Waals surface area (Å²) < 4.78 is 5.36. The average Bonchev–Trinajstić information content (AvgIpc) is 2.80. The van der Waals surface area contributed by atoms with Crippen LogP contribution in [0.15, 0.2) is 5.38 Å². The third-order valence-corrected chi connectivity index (χ3v) is 4.74. The molecule has 1 aromatic heterocycles. The number of hydrogen-bond donors (Lipinski definition) is 1. The van der Waals surface area contributed by atoms with Crippen LogP contribution in [-0.2, 0) is 4.74 Å². The number of nitrogens with zero attached hydrogens (tertiary/aromatic N) is 1. The lowest BCUT2D eigenvalue weighted by Crippen LogP contribution is -2.16. The van der Waals surface area contributed by atoms with Crippen LogP contribution in [0.25, 0.3) is 0 Å². The van der Waals surface area contributed by atoms with Crippen LogP contribution in [0, 0.1) is 5.92 Å². The molecule has 1 saturated heterocycles. The van der Waals surface area contributed by atoms with Crippen molar-refractivity contribution in [2.75, 3.05) is 13.7 Å². The van der Waals surface area contributed by atoms with Gasteiger partial charge in [-0.25, -0.2) is 4.98 Å². The molecule has 4 unspecified atom stereocenters. The summed E-state index contributed by atoms with van der Waals surface area (Å²) in [5, 5.41) is 7.03. The Kier molecular flexibility index (Phi) is 2.73. The minimum Gasteiger partial charge on any atom is -0.380 e. The van der Waals surface area contributed by atoms with Gasteiger partial charge in [0.05, 0.1) is 22.8 Å². The molecule has 3 nitrogen and oxygen atoms in total. The molecule has 2 fully saturated rings. The Labute approximate surface area is 100 Å². The first-order valence-electron chi connectivity index (χ1n) is 5.99. The van der Waals surface area contributed by atoms with E-state index in [1.807, 2.05) is 11.3 Å². The standard InChI is InChI=1S/C12H18N2OS/c1-7-3-9(7)12-14-11(6-16-12)10-4-8(15-2)5-13-10/h6-10,13H,3-5H2,1-2H3. The van der Waals surface area contributed by atoms with Gasteiger partial charge in [0.25, 0.3) is 0 Å². The maximum Gasteiger partial charge on any atom is 0.0962 e. The van der Waals surface area contributed by atoms with Crippen LogP contribution in [0.4, 0.5) is 0 Å². The first kappa shape index (κ1) is 10.7. The third-order valence-electron chi connectivity index (χ3n) is 3.75. The van der Waals surface area contributed by atoms with Gasteiger partial charge in [-0.3, -0.25) is 0 Å². The third kappa shape index (κ3) is 1.90. The van der Waals surface area contributed by atoms with E-state index in [1.54, 1.807) is 7.11 Å². The fourth-order valence-corrected chi connectivity index (χ4v) is 3.53. The van der Waals surface area contributed by atoms with Crippen molar-refractivity contribution in [2.45, 2.75) is 37.8 Å². The zero-order valence-electron chi connectivity index (χ0n) is 9.77. The molecule has 0 amide bonds. The summed E-state index contributed by atoms with van der Waals surface area (Å²) in [7, 11) is 1.78. The molecule has 0 spiro atoms. The van der Waals surface area contributed by atoms with Crippen molar-refractivity contribution in [3.63, 3.8) is 0 Å². The summed E-state index contributed by atoms with van der Waals surface area (Å²) in [6.07, 6.45) is 2.74. The zero-order chi connectivity index (χ0) is 11.1. The zero-order valence-corrected chi connectivity index (χ0v) is 10.6. The van der Waals surface area contributed by atoms with E-state index in [0.29, 0.717) is 12.1 Å². The molecule has 4 heteroatoms. The van der Waals surface area contributed by atoms with E-state index in [9.17, 15) is 0 Å². The van der Waals surface area contributed by atoms with Crippen molar-refractivity contribution in [2.24, 2.45) is 5.92 Å². The fourth-order valence-electron chi connectivity index (χ4n) is 2.41. The summed E-state index contributed by atoms with van der Waals surface area (Å²) in [4.78, 5) is 4.77. The molecule has 2 aliphatic rings. The van der Waals surface area contributed by atoms with Crippen molar-refractivity contribution in [1.29, 1.82) is 0 Å². The van der Waals surface area contributed by atoms with Crippen LogP contribution < -0.4 is 5.32 Å². The largest absolute Gasteiger partial charge is 0.380 e. The molecular weight excluding hydrogens is 220 g/mol. The van der Waals surface area contributed by atoms with Gasteiger partial charge in [0.2, 0.25) is 0 Å². The van der Waals surface area contributed by atoms with Crippen LogP contribution in [0.3, 0.4) is 0 Å². The smallest absolute Gasteiger partial charge is 0.0962 e. The van der Waals surface area contributed by atoms with Crippen LogP contribution in [-0.4, -0.2) is 24.7 Å². The highest BCUT2D eigenvalue weighted by molar-refractivity contribution is 7.09. The molecule has 1 aromatic rings. The van der Waals surface area contributed by atoms with Crippen molar-refractivity contribution < 1.29 is 4.74 Å². The summed E-state index contributed by atoms with van der Waals surface area (Å²) in [6.45, 7) is 3.26. The normalized spacial score (nSPS) is 37.9. The molecule has 0 radical (unpaired) electrons. The first-order chi connectivity index (χ1) is 7.78. The number of aromatic nitrogens is 1. The van der Waals surface area contributed by atoms with Gasteiger partial charge in [0, 0.05) is 25.0 Å². The second-order valence-electron chi connectivity index (χ2n) is 4.98. The van der Waals surface area contributed by atoms with Crippen LogP contribution in [0.5, 0.6) is 0 Å². The summed E-state index contributed by atoms with van der Waals surface area (Å²) >= 11 is 1.83. The second-order valence-corrected chi connectivity index (χ2v) is 5.87. The van der Waals surface area contributed by atoms with E-state index in [0.717, 1.165) is 24.8 Å². The van der Waals surface area contributed by atoms with E-state index in [2.05, 4.69) is 17.6 Å². The molecule has 1 saturated carbocycles. The van der Waals surface area contributed by atoms with Crippen molar-refractivity contribution in [3.05, 3.63) is 16.1 Å². The highest BCUT2D eigenvalue weighted by Gasteiger charge is 2.37. The SMILES string of the molecule is COC1CNC(c2csc(C3CC3C)n2)C1. The molecule has 16 heavy (non-hydrogen) atoms. The lowest BCUT2D eigenvalue weighted by Gasteiger charge is -2.06. The van der Waals surface area contributed by atoms with Crippen molar-refractivity contribution in [1.82, 2.24) is 10.3 Å². The van der Waals surface area contributed by atoms with E-state index in [1.165, 1.54) is 17.1 Å². The highest BCUT2D eigenvalue weighted by Crippen LogP contribution is 2.48. The van der Waals surface area contributed by atoms with Crippen molar-refractivity contribution >= 4 is 11.3 Å². The van der Waals surface area contributed by atoms with Gasteiger partial charge in [-0.15, -0.1) is 11.3 Å². The van der Waals surface area contributed by atoms with Gasteiger partial charge in [0.15, 0.2) is 0 Å². The Balaban J connectivity index is 1.68. The van der Waals surface area contributed by atoms with E-state index in [-0.39, 0.29) is 0 Å². The second kappa shape index (κ2) is 4.09. The van der Waals surface area contributed by atoms with Crippen LogP contribution in [0.2, 0.25) is 0 Å². The molecular formula is C12H18N2OS. The monoisotopic (exact) mass is 238 g/mol. The Hall–Kier alpha value is -0.450. The van der Waals surface area contributed by atoms with Gasteiger partial charge in [-0.1, -0.05) is 6.92 Å².